The summed E-state index contributed by atoms with van der Waals surface area (Å²) in [5, 5.41) is 0. The first-order chi connectivity index (χ1) is 10.1. The average Bonchev–Trinajstić information content (AvgIpc) is 2.48. The zero-order chi connectivity index (χ0) is 15.2. The van der Waals surface area contributed by atoms with Crippen LogP contribution < -0.4 is 5.73 Å². The van der Waals surface area contributed by atoms with Gasteiger partial charge in [-0.05, 0) is 36.4 Å². The number of benzene rings is 2. The van der Waals surface area contributed by atoms with Gasteiger partial charge in [-0.3, -0.25) is 14.6 Å². The Bertz CT molecular complexity index is 694. The van der Waals surface area contributed by atoms with E-state index in [0.29, 0.717) is 16.8 Å². The molecule has 5 heteroatoms. The summed E-state index contributed by atoms with van der Waals surface area (Å²) in [7, 11) is 0. The maximum atomic E-state index is 12.8. The van der Waals surface area contributed by atoms with E-state index in [0.717, 1.165) is 0 Å². The summed E-state index contributed by atoms with van der Waals surface area (Å²) in [4.78, 5) is 27.2. The molecule has 0 aromatic heterocycles. The van der Waals surface area contributed by atoms with Crippen LogP contribution in [-0.4, -0.2) is 17.9 Å². The molecule has 0 saturated heterocycles. The van der Waals surface area contributed by atoms with Crippen molar-refractivity contribution in [2.24, 2.45) is 10.7 Å². The first kappa shape index (κ1) is 14.6. The Labute approximate surface area is 121 Å². The third-order valence-electron chi connectivity index (χ3n) is 2.84. The van der Waals surface area contributed by atoms with Crippen LogP contribution in [0.25, 0.3) is 0 Å². The van der Waals surface area contributed by atoms with E-state index in [9.17, 15) is 14.0 Å². The summed E-state index contributed by atoms with van der Waals surface area (Å²) >= 11 is 0. The highest BCUT2D eigenvalue weighted by molar-refractivity contribution is 6.04. The summed E-state index contributed by atoms with van der Waals surface area (Å²) in [6, 6.07) is 11.9. The van der Waals surface area contributed by atoms with E-state index in [-0.39, 0.29) is 12.2 Å². The molecule has 1 amide bonds. The van der Waals surface area contributed by atoms with Crippen molar-refractivity contribution in [1.29, 1.82) is 0 Å². The molecular formula is C16H13FN2O2. The van der Waals surface area contributed by atoms with Crippen LogP contribution in [0.3, 0.4) is 0 Å². The highest BCUT2D eigenvalue weighted by Gasteiger charge is 2.06. The van der Waals surface area contributed by atoms with Crippen LogP contribution >= 0.6 is 0 Å². The number of para-hydroxylation sites is 1. The molecule has 0 aliphatic carbocycles. The largest absolute Gasteiger partial charge is 0.366 e. The number of ketones is 1. The number of halogens is 1. The Morgan fingerprint density at radius 2 is 1.76 bits per heavy atom. The molecule has 0 fully saturated rings. The number of Topliss-reactive ketones (excluding diaryl/α,β-unsaturated/α-hetero) is 1. The average molecular weight is 284 g/mol. The van der Waals surface area contributed by atoms with Crippen molar-refractivity contribution >= 4 is 23.6 Å². The number of nitrogens with two attached hydrogens (primary N) is 1. The number of carbonyl (C=O) groups is 2. The molecule has 0 radical (unpaired) electrons. The van der Waals surface area contributed by atoms with Crippen LogP contribution in [0.1, 0.15) is 27.1 Å². The second kappa shape index (κ2) is 6.56. The van der Waals surface area contributed by atoms with Crippen LogP contribution in [0.5, 0.6) is 0 Å². The SMILES string of the molecule is NC(=O)c1ccccc1N=CCC(=O)c1ccc(F)cc1. The lowest BCUT2D eigenvalue weighted by Gasteiger charge is -2.00. The molecule has 2 N–H and O–H groups in total. The molecule has 0 saturated carbocycles. The van der Waals surface area contributed by atoms with Gasteiger partial charge in [0.1, 0.15) is 5.82 Å². The lowest BCUT2D eigenvalue weighted by Crippen LogP contribution is -2.10. The predicted molar refractivity (Wildman–Crippen MR) is 78.5 cm³/mol. The van der Waals surface area contributed by atoms with Gasteiger partial charge in [0.2, 0.25) is 0 Å². The zero-order valence-corrected chi connectivity index (χ0v) is 11.1. The molecule has 0 aliphatic rings. The van der Waals surface area contributed by atoms with E-state index >= 15 is 0 Å². The molecule has 2 aromatic rings. The summed E-state index contributed by atoms with van der Waals surface area (Å²) in [6.07, 6.45) is 1.46. The number of aliphatic imine (C=N–C) groups is 1. The van der Waals surface area contributed by atoms with Gasteiger partial charge in [0, 0.05) is 18.2 Å². The van der Waals surface area contributed by atoms with E-state index in [2.05, 4.69) is 4.99 Å². The Morgan fingerprint density at radius 3 is 2.43 bits per heavy atom. The smallest absolute Gasteiger partial charge is 0.250 e. The molecule has 106 valence electrons. The van der Waals surface area contributed by atoms with E-state index in [1.165, 1.54) is 30.5 Å². The van der Waals surface area contributed by atoms with Crippen LogP contribution in [0.4, 0.5) is 10.1 Å². The summed E-state index contributed by atoms with van der Waals surface area (Å²) in [6.45, 7) is 0. The van der Waals surface area contributed by atoms with Crippen molar-refractivity contribution in [3.8, 4) is 0 Å². The van der Waals surface area contributed by atoms with Gasteiger partial charge < -0.3 is 5.73 Å². The maximum Gasteiger partial charge on any atom is 0.250 e. The third kappa shape index (κ3) is 3.82. The second-order valence-electron chi connectivity index (χ2n) is 4.33. The molecule has 0 aliphatic heterocycles. The van der Waals surface area contributed by atoms with Gasteiger partial charge in [-0.2, -0.15) is 0 Å². The third-order valence-corrected chi connectivity index (χ3v) is 2.84. The van der Waals surface area contributed by atoms with Crippen molar-refractivity contribution in [2.75, 3.05) is 0 Å². The van der Waals surface area contributed by atoms with Gasteiger partial charge in [-0.1, -0.05) is 12.1 Å². The van der Waals surface area contributed by atoms with E-state index in [1.54, 1.807) is 24.3 Å². The number of hydrogen-bond donors (Lipinski definition) is 1. The van der Waals surface area contributed by atoms with E-state index < -0.39 is 11.7 Å². The standard InChI is InChI=1S/C16H13FN2O2/c17-12-7-5-11(6-8-12)15(20)9-10-19-14-4-2-1-3-13(14)16(18)21/h1-8,10H,9H2,(H2,18,21). The lowest BCUT2D eigenvalue weighted by atomic mass is 10.1. The van der Waals surface area contributed by atoms with E-state index in [1.807, 2.05) is 0 Å². The van der Waals surface area contributed by atoms with E-state index in [4.69, 9.17) is 5.73 Å². The van der Waals surface area contributed by atoms with Gasteiger partial charge in [0.15, 0.2) is 5.78 Å². The van der Waals surface area contributed by atoms with Crippen LogP contribution in [0.15, 0.2) is 53.5 Å². The fourth-order valence-corrected chi connectivity index (χ4v) is 1.78. The fourth-order valence-electron chi connectivity index (χ4n) is 1.78. The monoisotopic (exact) mass is 284 g/mol. The van der Waals surface area contributed by atoms with Crippen LogP contribution in [0.2, 0.25) is 0 Å². The van der Waals surface area contributed by atoms with Gasteiger partial charge >= 0.3 is 0 Å². The number of hydrogen-bond acceptors (Lipinski definition) is 3. The molecule has 2 aromatic carbocycles. The molecule has 4 nitrogen and oxygen atoms in total. The highest BCUT2D eigenvalue weighted by atomic mass is 19.1. The predicted octanol–water partition coefficient (Wildman–Crippen LogP) is 2.90. The molecule has 0 spiro atoms. The number of primary amides is 1. The maximum absolute atomic E-state index is 12.8. The molecule has 2 rings (SSSR count). The van der Waals surface area contributed by atoms with Gasteiger partial charge in [-0.25, -0.2) is 4.39 Å². The first-order valence-electron chi connectivity index (χ1n) is 6.28. The number of amides is 1. The summed E-state index contributed by atoms with van der Waals surface area (Å²) < 4.78 is 12.8. The Hall–Kier alpha value is -2.82. The van der Waals surface area contributed by atoms with Crippen molar-refractivity contribution in [3.05, 3.63) is 65.5 Å². The fraction of sp³-hybridized carbons (Fsp3) is 0.0625. The number of rotatable bonds is 5. The minimum absolute atomic E-state index is 0.0543. The molecule has 0 heterocycles. The summed E-state index contributed by atoms with van der Waals surface area (Å²) in [5.74, 6) is -1.15. The molecule has 21 heavy (non-hydrogen) atoms. The topological polar surface area (TPSA) is 72.5 Å². The molecule has 0 atom stereocenters. The highest BCUT2D eigenvalue weighted by Crippen LogP contribution is 2.17. The Kier molecular flexibility index (Phi) is 4.56. The van der Waals surface area contributed by atoms with Crippen LogP contribution in [0, 0.1) is 5.82 Å². The molecule has 0 unspecified atom stereocenters. The number of nitrogens with zero attached hydrogens (tertiary/aromatic N) is 1. The Morgan fingerprint density at radius 1 is 1.10 bits per heavy atom. The van der Waals surface area contributed by atoms with Crippen molar-refractivity contribution in [1.82, 2.24) is 0 Å². The Balaban J connectivity index is 2.07. The van der Waals surface area contributed by atoms with Gasteiger partial charge in [-0.15, -0.1) is 0 Å². The minimum Gasteiger partial charge on any atom is -0.366 e. The van der Waals surface area contributed by atoms with Gasteiger partial charge in [0.05, 0.1) is 11.3 Å². The van der Waals surface area contributed by atoms with Gasteiger partial charge in [0.25, 0.3) is 5.91 Å². The van der Waals surface area contributed by atoms with Crippen molar-refractivity contribution in [2.45, 2.75) is 6.42 Å². The number of carbonyl (C=O) groups excluding carboxylic acids is 2. The molecule has 0 bridgehead atoms. The minimum atomic E-state index is -0.576. The molecular weight excluding hydrogens is 271 g/mol. The lowest BCUT2D eigenvalue weighted by molar-refractivity contribution is 0.0993. The van der Waals surface area contributed by atoms with Crippen molar-refractivity contribution in [3.63, 3.8) is 0 Å². The zero-order valence-electron chi connectivity index (χ0n) is 11.1. The van der Waals surface area contributed by atoms with Crippen LogP contribution in [-0.2, 0) is 0 Å². The second-order valence-corrected chi connectivity index (χ2v) is 4.33. The summed E-state index contributed by atoms with van der Waals surface area (Å²) in [5.41, 5.74) is 6.35. The first-order valence-corrected chi connectivity index (χ1v) is 6.28. The normalized spacial score (nSPS) is 10.7. The van der Waals surface area contributed by atoms with Crippen molar-refractivity contribution < 1.29 is 14.0 Å². The quantitative estimate of drug-likeness (QED) is 0.677.